The van der Waals surface area contributed by atoms with Gasteiger partial charge in [-0.1, -0.05) is 116 Å². The molecule has 4 heteroatoms. The van der Waals surface area contributed by atoms with Gasteiger partial charge in [-0.15, -0.1) is 0 Å². The van der Waals surface area contributed by atoms with E-state index in [2.05, 4.69) is 50.0 Å². The van der Waals surface area contributed by atoms with Gasteiger partial charge in [-0.25, -0.2) is 8.78 Å². The molecule has 0 bridgehead atoms. The van der Waals surface area contributed by atoms with Gasteiger partial charge in [-0.3, -0.25) is 0 Å². The molecule has 1 N–H and O–H groups in total. The van der Waals surface area contributed by atoms with Crippen LogP contribution in [0.1, 0.15) is 68.0 Å². The Labute approximate surface area is 228 Å². The third kappa shape index (κ3) is 11.2. The topological polar surface area (TPSA) is 12.0 Å². The predicted molar refractivity (Wildman–Crippen MR) is 163 cm³/mol. The summed E-state index contributed by atoms with van der Waals surface area (Å²) in [6.07, 6.45) is 2.09. The summed E-state index contributed by atoms with van der Waals surface area (Å²) < 4.78 is 28.5. The van der Waals surface area contributed by atoms with E-state index in [0.717, 1.165) is 29.3 Å². The Hall–Kier alpha value is -3.11. The number of alkyl halides is 2. The Morgan fingerprint density at radius 3 is 1.95 bits per heavy atom. The first-order chi connectivity index (χ1) is 17.4. The summed E-state index contributed by atoms with van der Waals surface area (Å²) >= 11 is 5.14. The summed E-state index contributed by atoms with van der Waals surface area (Å²) in [5.41, 5.74) is 7.58. The van der Waals surface area contributed by atoms with Gasteiger partial charge in [0.25, 0.3) is 5.92 Å². The maximum atomic E-state index is 14.2. The zero-order chi connectivity index (χ0) is 28.2. The highest BCUT2D eigenvalue weighted by Crippen LogP contribution is 2.35. The highest BCUT2D eigenvalue weighted by Gasteiger charge is 2.29. The molecule has 0 aromatic heterocycles. The molecule has 0 aliphatic carbocycles. The lowest BCUT2D eigenvalue weighted by Crippen LogP contribution is -2.14. The second-order valence-corrected chi connectivity index (χ2v) is 9.72. The minimum absolute atomic E-state index is 0.00417. The molecule has 0 radical (unpaired) electrons. The van der Waals surface area contributed by atoms with Crippen molar-refractivity contribution in [2.75, 3.05) is 5.32 Å². The molecule has 198 valence electrons. The monoisotopic (exact) mass is 521 g/mol. The van der Waals surface area contributed by atoms with Crippen LogP contribution in [0.3, 0.4) is 0 Å². The maximum absolute atomic E-state index is 14.2. The molecule has 3 aromatic rings. The summed E-state index contributed by atoms with van der Waals surface area (Å²) in [5.74, 6) is -2.95. The lowest BCUT2D eigenvalue weighted by Gasteiger charge is -2.19. The first kappa shape index (κ1) is 31.9. The van der Waals surface area contributed by atoms with Crippen molar-refractivity contribution in [2.45, 2.75) is 67.7 Å². The van der Waals surface area contributed by atoms with Gasteiger partial charge in [0.1, 0.15) is 0 Å². The number of benzene rings is 3. The minimum Gasteiger partial charge on any atom is -0.350 e. The summed E-state index contributed by atoms with van der Waals surface area (Å²) in [4.78, 5) is 0.685. The molecule has 0 spiro atoms. The van der Waals surface area contributed by atoms with E-state index in [4.69, 9.17) is 12.2 Å². The van der Waals surface area contributed by atoms with E-state index in [9.17, 15) is 8.78 Å². The van der Waals surface area contributed by atoms with E-state index in [1.807, 2.05) is 70.2 Å². The molecule has 0 fully saturated rings. The average molecular weight is 522 g/mol. The Morgan fingerprint density at radius 1 is 0.919 bits per heavy atom. The number of thiocarbonyl (C=S) groups is 1. The second kappa shape index (κ2) is 15.2. The van der Waals surface area contributed by atoms with E-state index in [1.54, 1.807) is 6.92 Å². The number of rotatable bonds is 6. The van der Waals surface area contributed by atoms with Gasteiger partial charge in [0, 0.05) is 18.2 Å². The Morgan fingerprint density at radius 2 is 1.46 bits per heavy atom. The van der Waals surface area contributed by atoms with Crippen LogP contribution >= 0.6 is 12.2 Å². The minimum atomic E-state index is -2.95. The first-order valence-electron chi connectivity index (χ1n) is 12.6. The zero-order valence-electron chi connectivity index (χ0n) is 23.5. The van der Waals surface area contributed by atoms with Crippen LogP contribution < -0.4 is 5.32 Å². The fraction of sp³-hybridized carbons (Fsp3) is 0.303. The molecule has 1 nitrogen and oxygen atoms in total. The SMILES string of the molecule is C=C(C)/C=C(\c1cc(Cc2ccccc2NC(C)=S)ccc1C)C(C)(F)F.CC.Cc1ccc(C)cc1. The molecule has 0 amide bonds. The standard InChI is InChI=1S/C23H25F2NS.C8H10.C2H6/c1-15(2)12-21(23(5,24)25)20-14-18(11-10-16(20)3)13-19-8-6-7-9-22(19)26-17(4)27;1-7-3-5-8(2)6-4-7;1-2/h6-12,14H,1,13H2,2-5H3,(H,26,27);3-6H,1-2H3;1-2H3/b21-12+;;. The Balaban J connectivity index is 0.000000574. The van der Waals surface area contributed by atoms with Crippen molar-refractivity contribution < 1.29 is 8.78 Å². The molecule has 0 unspecified atom stereocenters. The number of hydrogen-bond donors (Lipinski definition) is 1. The van der Waals surface area contributed by atoms with Crippen LogP contribution in [-0.2, 0) is 6.42 Å². The fourth-order valence-electron chi connectivity index (χ4n) is 3.60. The van der Waals surface area contributed by atoms with Gasteiger partial charge in [0.05, 0.1) is 4.99 Å². The van der Waals surface area contributed by atoms with Crippen LogP contribution in [0.15, 0.2) is 85.0 Å². The van der Waals surface area contributed by atoms with Gasteiger partial charge in [-0.2, -0.15) is 0 Å². The maximum Gasteiger partial charge on any atom is 0.271 e. The van der Waals surface area contributed by atoms with Gasteiger partial charge in [0.2, 0.25) is 0 Å². The lowest BCUT2D eigenvalue weighted by molar-refractivity contribution is 0.0891. The van der Waals surface area contributed by atoms with Gasteiger partial charge < -0.3 is 5.32 Å². The molecular formula is C33H41F2NS. The van der Waals surface area contributed by atoms with Crippen LogP contribution in [0.25, 0.3) is 5.57 Å². The van der Waals surface area contributed by atoms with Crippen LogP contribution in [0.2, 0.25) is 0 Å². The zero-order valence-corrected chi connectivity index (χ0v) is 24.3. The highest BCUT2D eigenvalue weighted by atomic mass is 32.1. The van der Waals surface area contributed by atoms with Crippen molar-refractivity contribution in [1.82, 2.24) is 0 Å². The van der Waals surface area contributed by atoms with Gasteiger partial charge in [-0.05, 0) is 69.4 Å². The number of anilines is 1. The third-order valence-electron chi connectivity index (χ3n) is 5.40. The number of aryl methyl sites for hydroxylation is 3. The van der Waals surface area contributed by atoms with Gasteiger partial charge in [0.15, 0.2) is 0 Å². The Kier molecular flexibility index (Phi) is 13.1. The summed E-state index contributed by atoms with van der Waals surface area (Å²) in [7, 11) is 0. The number of halogens is 2. The first-order valence-corrected chi connectivity index (χ1v) is 13.0. The molecule has 0 saturated heterocycles. The second-order valence-electron chi connectivity index (χ2n) is 9.11. The number of para-hydroxylation sites is 1. The Bertz CT molecular complexity index is 1180. The van der Waals surface area contributed by atoms with Crippen molar-refractivity contribution in [1.29, 1.82) is 0 Å². The van der Waals surface area contributed by atoms with E-state index in [1.165, 1.54) is 17.2 Å². The summed E-state index contributed by atoms with van der Waals surface area (Å²) in [6.45, 7) is 18.3. The van der Waals surface area contributed by atoms with E-state index in [-0.39, 0.29) is 5.57 Å². The number of hydrogen-bond acceptors (Lipinski definition) is 1. The van der Waals surface area contributed by atoms with Crippen LogP contribution in [0, 0.1) is 20.8 Å². The quantitative estimate of drug-likeness (QED) is 0.256. The highest BCUT2D eigenvalue weighted by molar-refractivity contribution is 7.80. The van der Waals surface area contributed by atoms with Crippen LogP contribution in [-0.4, -0.2) is 10.9 Å². The predicted octanol–water partition coefficient (Wildman–Crippen LogP) is 10.3. The number of allylic oxidation sites excluding steroid dienone is 3. The fourth-order valence-corrected chi connectivity index (χ4v) is 3.71. The summed E-state index contributed by atoms with van der Waals surface area (Å²) in [5, 5.41) is 3.18. The molecule has 0 aliphatic rings. The largest absolute Gasteiger partial charge is 0.350 e. The van der Waals surface area contributed by atoms with Gasteiger partial charge >= 0.3 is 0 Å². The normalized spacial score (nSPS) is 10.9. The molecule has 0 atom stereocenters. The van der Waals surface area contributed by atoms with Crippen molar-refractivity contribution in [3.05, 3.63) is 118 Å². The smallest absolute Gasteiger partial charge is 0.271 e. The van der Waals surface area contributed by atoms with Crippen molar-refractivity contribution in [2.24, 2.45) is 0 Å². The van der Waals surface area contributed by atoms with Crippen LogP contribution in [0.5, 0.6) is 0 Å². The van der Waals surface area contributed by atoms with Crippen molar-refractivity contribution in [3.8, 4) is 0 Å². The molecule has 0 heterocycles. The van der Waals surface area contributed by atoms with Crippen molar-refractivity contribution in [3.63, 3.8) is 0 Å². The van der Waals surface area contributed by atoms with E-state index >= 15 is 0 Å². The van der Waals surface area contributed by atoms with E-state index in [0.29, 0.717) is 22.5 Å². The number of nitrogens with one attached hydrogen (secondary N) is 1. The molecule has 0 saturated carbocycles. The molecule has 37 heavy (non-hydrogen) atoms. The summed E-state index contributed by atoms with van der Waals surface area (Å²) in [6, 6.07) is 22.1. The molecule has 3 rings (SSSR count). The van der Waals surface area contributed by atoms with Crippen molar-refractivity contribution >= 4 is 28.5 Å². The molecule has 0 aliphatic heterocycles. The van der Waals surface area contributed by atoms with Crippen LogP contribution in [0.4, 0.5) is 14.5 Å². The van der Waals surface area contributed by atoms with E-state index < -0.39 is 5.92 Å². The molecular weight excluding hydrogens is 480 g/mol. The average Bonchev–Trinajstić information content (AvgIpc) is 2.83. The third-order valence-corrected chi connectivity index (χ3v) is 5.50. The lowest BCUT2D eigenvalue weighted by atomic mass is 9.91. The molecule has 3 aromatic carbocycles.